The first-order chi connectivity index (χ1) is 7.16. The summed E-state index contributed by atoms with van der Waals surface area (Å²) in [6, 6.07) is 4.82. The third-order valence-corrected chi connectivity index (χ3v) is 2.16. The summed E-state index contributed by atoms with van der Waals surface area (Å²) in [6.07, 6.45) is 0. The van der Waals surface area contributed by atoms with Crippen LogP contribution in [0.1, 0.15) is 0 Å². The number of para-hydroxylation sites is 1. The van der Waals surface area contributed by atoms with Gasteiger partial charge in [-0.05, 0) is 19.2 Å². The summed E-state index contributed by atoms with van der Waals surface area (Å²) in [5.74, 6) is 0. The summed E-state index contributed by atoms with van der Waals surface area (Å²) < 4.78 is 0. The molecule has 0 saturated carbocycles. The second kappa shape index (κ2) is 5.53. The minimum absolute atomic E-state index is 0.0738. The van der Waals surface area contributed by atoms with Crippen molar-refractivity contribution < 1.29 is 4.92 Å². The lowest BCUT2D eigenvalue weighted by Gasteiger charge is -2.07. The van der Waals surface area contributed by atoms with E-state index in [1.165, 1.54) is 6.07 Å². The predicted molar refractivity (Wildman–Crippen MR) is 60.5 cm³/mol. The van der Waals surface area contributed by atoms with Crippen LogP contribution >= 0.6 is 11.6 Å². The van der Waals surface area contributed by atoms with Gasteiger partial charge >= 0.3 is 5.69 Å². The molecule has 1 aromatic rings. The summed E-state index contributed by atoms with van der Waals surface area (Å²) in [7, 11) is 1.81. The zero-order chi connectivity index (χ0) is 11.3. The highest BCUT2D eigenvalue weighted by Gasteiger charge is 2.17. The van der Waals surface area contributed by atoms with E-state index < -0.39 is 4.92 Å². The van der Waals surface area contributed by atoms with Crippen molar-refractivity contribution in [1.29, 1.82) is 0 Å². The van der Waals surface area contributed by atoms with E-state index in [-0.39, 0.29) is 10.7 Å². The van der Waals surface area contributed by atoms with E-state index in [0.29, 0.717) is 12.2 Å². The molecule has 0 aliphatic heterocycles. The quantitative estimate of drug-likeness (QED) is 0.460. The zero-order valence-corrected chi connectivity index (χ0v) is 9.04. The first-order valence-corrected chi connectivity index (χ1v) is 4.86. The number of anilines is 1. The largest absolute Gasteiger partial charge is 0.378 e. The molecular formula is C9H12ClN3O2. The molecule has 0 radical (unpaired) electrons. The van der Waals surface area contributed by atoms with Crippen LogP contribution < -0.4 is 10.6 Å². The van der Waals surface area contributed by atoms with Gasteiger partial charge in [0.05, 0.1) is 4.92 Å². The lowest BCUT2D eigenvalue weighted by molar-refractivity contribution is -0.383. The molecule has 0 aromatic heterocycles. The molecule has 0 atom stereocenters. The molecule has 0 aliphatic rings. The van der Waals surface area contributed by atoms with E-state index in [9.17, 15) is 10.1 Å². The van der Waals surface area contributed by atoms with Crippen LogP contribution in [0, 0.1) is 10.1 Å². The summed E-state index contributed by atoms with van der Waals surface area (Å²) in [5, 5.41) is 16.8. The molecule has 82 valence electrons. The van der Waals surface area contributed by atoms with Crippen LogP contribution in [0.2, 0.25) is 5.02 Å². The molecule has 0 spiro atoms. The van der Waals surface area contributed by atoms with Gasteiger partial charge in [0, 0.05) is 13.1 Å². The smallest absolute Gasteiger partial charge is 0.310 e. The molecule has 15 heavy (non-hydrogen) atoms. The SMILES string of the molecule is CNCCNc1cccc(Cl)c1[N+](=O)[O-]. The lowest BCUT2D eigenvalue weighted by Crippen LogP contribution is -2.18. The summed E-state index contributed by atoms with van der Waals surface area (Å²) in [6.45, 7) is 1.33. The van der Waals surface area contributed by atoms with Crippen molar-refractivity contribution >= 4 is 23.0 Å². The molecule has 0 bridgehead atoms. The molecule has 5 nitrogen and oxygen atoms in total. The minimum Gasteiger partial charge on any atom is -0.378 e. The lowest BCUT2D eigenvalue weighted by atomic mass is 10.2. The Morgan fingerprint density at radius 3 is 2.80 bits per heavy atom. The van der Waals surface area contributed by atoms with Crippen molar-refractivity contribution in [3.8, 4) is 0 Å². The third-order valence-electron chi connectivity index (χ3n) is 1.86. The topological polar surface area (TPSA) is 67.2 Å². The second-order valence-electron chi connectivity index (χ2n) is 2.92. The minimum atomic E-state index is -0.482. The van der Waals surface area contributed by atoms with Gasteiger partial charge in [0.2, 0.25) is 0 Å². The number of nitrogens with one attached hydrogen (secondary N) is 2. The molecule has 0 fully saturated rings. The number of likely N-dealkylation sites (N-methyl/N-ethyl adjacent to an activating group) is 1. The Morgan fingerprint density at radius 2 is 2.20 bits per heavy atom. The molecule has 6 heteroatoms. The molecular weight excluding hydrogens is 218 g/mol. The highest BCUT2D eigenvalue weighted by atomic mass is 35.5. The fourth-order valence-corrected chi connectivity index (χ4v) is 1.41. The molecule has 1 aromatic carbocycles. The normalized spacial score (nSPS) is 10.0. The van der Waals surface area contributed by atoms with Crippen LogP contribution in [0.5, 0.6) is 0 Å². The number of benzene rings is 1. The van der Waals surface area contributed by atoms with Crippen molar-refractivity contribution in [2.75, 3.05) is 25.5 Å². The van der Waals surface area contributed by atoms with Gasteiger partial charge in [0.1, 0.15) is 10.7 Å². The number of halogens is 1. The van der Waals surface area contributed by atoms with E-state index in [1.807, 2.05) is 7.05 Å². The molecule has 0 saturated heterocycles. The van der Waals surface area contributed by atoms with E-state index >= 15 is 0 Å². The van der Waals surface area contributed by atoms with Gasteiger partial charge in [-0.3, -0.25) is 10.1 Å². The van der Waals surface area contributed by atoms with E-state index in [4.69, 9.17) is 11.6 Å². The molecule has 1 rings (SSSR count). The van der Waals surface area contributed by atoms with Crippen LogP contribution in [0.15, 0.2) is 18.2 Å². The summed E-state index contributed by atoms with van der Waals surface area (Å²) >= 11 is 5.74. The second-order valence-corrected chi connectivity index (χ2v) is 3.33. The van der Waals surface area contributed by atoms with Gasteiger partial charge in [-0.25, -0.2) is 0 Å². The fourth-order valence-electron chi connectivity index (χ4n) is 1.17. The van der Waals surface area contributed by atoms with Gasteiger partial charge in [0.15, 0.2) is 0 Å². The van der Waals surface area contributed by atoms with Crippen molar-refractivity contribution in [2.45, 2.75) is 0 Å². The van der Waals surface area contributed by atoms with E-state index in [2.05, 4.69) is 10.6 Å². The Bertz CT molecular complexity index is 357. The average Bonchev–Trinajstić information content (AvgIpc) is 2.17. The first kappa shape index (κ1) is 11.7. The van der Waals surface area contributed by atoms with Crippen LogP contribution in [-0.2, 0) is 0 Å². The Labute approximate surface area is 92.6 Å². The van der Waals surface area contributed by atoms with Gasteiger partial charge in [-0.15, -0.1) is 0 Å². The number of nitro groups is 1. The number of hydrogen-bond donors (Lipinski definition) is 2. The van der Waals surface area contributed by atoms with Crippen LogP contribution in [0.4, 0.5) is 11.4 Å². The predicted octanol–water partition coefficient (Wildman–Crippen LogP) is 1.88. The highest BCUT2D eigenvalue weighted by Crippen LogP contribution is 2.31. The van der Waals surface area contributed by atoms with Crippen molar-refractivity contribution in [2.24, 2.45) is 0 Å². The number of nitro benzene ring substituents is 1. The van der Waals surface area contributed by atoms with E-state index in [0.717, 1.165) is 6.54 Å². The Hall–Kier alpha value is -1.33. The highest BCUT2D eigenvalue weighted by molar-refractivity contribution is 6.33. The van der Waals surface area contributed by atoms with Gasteiger partial charge in [0.25, 0.3) is 0 Å². The van der Waals surface area contributed by atoms with Crippen LogP contribution in [0.25, 0.3) is 0 Å². The molecule has 0 amide bonds. The Balaban J connectivity index is 2.86. The van der Waals surface area contributed by atoms with Crippen LogP contribution in [0.3, 0.4) is 0 Å². The maximum atomic E-state index is 10.7. The van der Waals surface area contributed by atoms with E-state index in [1.54, 1.807) is 12.1 Å². The third kappa shape index (κ3) is 3.07. The molecule has 0 unspecified atom stereocenters. The Kier molecular flexibility index (Phi) is 4.33. The van der Waals surface area contributed by atoms with Gasteiger partial charge in [-0.2, -0.15) is 0 Å². The van der Waals surface area contributed by atoms with Crippen molar-refractivity contribution in [1.82, 2.24) is 5.32 Å². The summed E-state index contributed by atoms with van der Waals surface area (Å²) in [4.78, 5) is 10.3. The van der Waals surface area contributed by atoms with Crippen LogP contribution in [-0.4, -0.2) is 25.1 Å². The zero-order valence-electron chi connectivity index (χ0n) is 8.29. The average molecular weight is 230 g/mol. The maximum absolute atomic E-state index is 10.7. The first-order valence-electron chi connectivity index (χ1n) is 4.48. The molecule has 2 N–H and O–H groups in total. The van der Waals surface area contributed by atoms with Crippen molar-refractivity contribution in [3.05, 3.63) is 33.3 Å². The number of rotatable bonds is 5. The van der Waals surface area contributed by atoms with Gasteiger partial charge < -0.3 is 10.6 Å². The standard InChI is InChI=1S/C9H12ClN3O2/c1-11-5-6-12-8-4-2-3-7(10)9(8)13(14)15/h2-4,11-12H,5-6H2,1H3. The molecule has 0 heterocycles. The number of nitrogens with zero attached hydrogens (tertiary/aromatic N) is 1. The Morgan fingerprint density at radius 1 is 1.47 bits per heavy atom. The van der Waals surface area contributed by atoms with Crippen molar-refractivity contribution in [3.63, 3.8) is 0 Å². The molecule has 0 aliphatic carbocycles. The maximum Gasteiger partial charge on any atom is 0.310 e. The summed E-state index contributed by atoms with van der Waals surface area (Å²) in [5.41, 5.74) is 0.373. The fraction of sp³-hybridized carbons (Fsp3) is 0.333. The van der Waals surface area contributed by atoms with Gasteiger partial charge in [-0.1, -0.05) is 17.7 Å². The monoisotopic (exact) mass is 229 g/mol. The number of hydrogen-bond acceptors (Lipinski definition) is 4.